The van der Waals surface area contributed by atoms with Crippen LogP contribution in [0.25, 0.3) is 0 Å². The van der Waals surface area contributed by atoms with Crippen molar-refractivity contribution in [3.63, 3.8) is 0 Å². The number of unbranched alkanes of at least 4 members (excludes halogenated alkanes) is 2. The van der Waals surface area contributed by atoms with Gasteiger partial charge in [0, 0.05) is 18.9 Å². The first-order valence-electron chi connectivity index (χ1n) is 15.1. The molecular formula is C31H48N4O5S. The summed E-state index contributed by atoms with van der Waals surface area (Å²) < 4.78 is 6.08. The van der Waals surface area contributed by atoms with E-state index in [2.05, 4.69) is 39.2 Å². The van der Waals surface area contributed by atoms with E-state index in [1.165, 1.54) is 23.7 Å². The molecule has 0 radical (unpaired) electrons. The molecule has 1 amide bonds. The van der Waals surface area contributed by atoms with Crippen LogP contribution in [-0.4, -0.2) is 90.8 Å². The maximum absolute atomic E-state index is 14.2. The van der Waals surface area contributed by atoms with Crippen LogP contribution in [0.5, 0.6) is 0 Å². The van der Waals surface area contributed by atoms with Crippen LogP contribution in [0.2, 0.25) is 0 Å². The van der Waals surface area contributed by atoms with Gasteiger partial charge in [-0.2, -0.15) is 0 Å². The van der Waals surface area contributed by atoms with Crippen molar-refractivity contribution in [2.75, 3.05) is 12.8 Å². The van der Waals surface area contributed by atoms with E-state index in [0.29, 0.717) is 5.92 Å². The SMILES string of the molecule is CCCCCC1CC(C(=O)NC(C(C)C)C2OC(SC)C(O)C(O)C2O)N(C(Cc2ccccc2)c2ncc[nH]2)C1. The number of aromatic nitrogens is 2. The molecule has 1 aromatic carbocycles. The highest BCUT2D eigenvalue weighted by Gasteiger charge is 2.49. The molecule has 41 heavy (non-hydrogen) atoms. The molecule has 2 fully saturated rings. The minimum atomic E-state index is -1.36. The summed E-state index contributed by atoms with van der Waals surface area (Å²) >= 11 is 1.28. The third kappa shape index (κ3) is 7.72. The molecule has 2 saturated heterocycles. The smallest absolute Gasteiger partial charge is 0.237 e. The first kappa shape index (κ1) is 32.0. The molecular weight excluding hydrogens is 540 g/mol. The van der Waals surface area contributed by atoms with Gasteiger partial charge in [-0.15, -0.1) is 11.8 Å². The van der Waals surface area contributed by atoms with Crippen molar-refractivity contribution in [2.24, 2.45) is 11.8 Å². The normalized spacial score (nSPS) is 30.4. The number of amides is 1. The Morgan fingerprint density at radius 1 is 1.17 bits per heavy atom. The molecule has 10 heteroatoms. The van der Waals surface area contributed by atoms with Crippen molar-refractivity contribution in [1.29, 1.82) is 0 Å². The van der Waals surface area contributed by atoms with Gasteiger partial charge in [0.15, 0.2) is 0 Å². The molecule has 2 aliphatic rings. The number of benzene rings is 1. The summed E-state index contributed by atoms with van der Waals surface area (Å²) in [7, 11) is 0. The van der Waals surface area contributed by atoms with Gasteiger partial charge in [-0.3, -0.25) is 9.69 Å². The number of aliphatic hydroxyl groups excluding tert-OH is 3. The quantitative estimate of drug-likeness (QED) is 0.226. The fourth-order valence-corrected chi connectivity index (χ4v) is 7.05. The number of hydrogen-bond acceptors (Lipinski definition) is 8. The Bertz CT molecular complexity index is 1060. The minimum absolute atomic E-state index is 0.0797. The number of carbonyl (C=O) groups excluding carboxylic acids is 1. The topological polar surface area (TPSA) is 131 Å². The van der Waals surface area contributed by atoms with Crippen LogP contribution in [-0.2, 0) is 16.0 Å². The summed E-state index contributed by atoms with van der Waals surface area (Å²) in [6.07, 6.45) is 6.64. The molecule has 2 aromatic rings. The van der Waals surface area contributed by atoms with E-state index in [-0.39, 0.29) is 23.9 Å². The summed E-state index contributed by atoms with van der Waals surface area (Å²) in [5.74, 6) is 1.04. The zero-order chi connectivity index (χ0) is 29.5. The highest BCUT2D eigenvalue weighted by atomic mass is 32.2. The number of H-pyrrole nitrogens is 1. The number of aliphatic hydroxyl groups is 3. The predicted octanol–water partition coefficient (Wildman–Crippen LogP) is 3.28. The lowest BCUT2D eigenvalue weighted by Gasteiger charge is -2.44. The van der Waals surface area contributed by atoms with E-state index in [1.807, 2.05) is 38.2 Å². The Morgan fingerprint density at radius 2 is 1.93 bits per heavy atom. The van der Waals surface area contributed by atoms with Crippen molar-refractivity contribution < 1.29 is 24.9 Å². The zero-order valence-corrected chi connectivity index (χ0v) is 25.5. The van der Waals surface area contributed by atoms with E-state index in [0.717, 1.165) is 44.5 Å². The Morgan fingerprint density at radius 3 is 2.56 bits per heavy atom. The Hall–Kier alpha value is -1.95. The van der Waals surface area contributed by atoms with Crippen LogP contribution in [0.3, 0.4) is 0 Å². The van der Waals surface area contributed by atoms with Gasteiger partial charge >= 0.3 is 0 Å². The van der Waals surface area contributed by atoms with Crippen molar-refractivity contribution in [2.45, 2.75) is 107 Å². The highest BCUT2D eigenvalue weighted by Crippen LogP contribution is 2.36. The van der Waals surface area contributed by atoms with Crippen LogP contribution >= 0.6 is 11.8 Å². The largest absolute Gasteiger partial charge is 0.388 e. The number of aromatic amines is 1. The Balaban J connectivity index is 1.59. The lowest BCUT2D eigenvalue weighted by atomic mass is 9.88. The van der Waals surface area contributed by atoms with Crippen molar-refractivity contribution in [3.8, 4) is 0 Å². The van der Waals surface area contributed by atoms with E-state index in [4.69, 9.17) is 4.74 Å². The van der Waals surface area contributed by atoms with Gasteiger partial charge in [-0.05, 0) is 42.9 Å². The average molecular weight is 589 g/mol. The molecule has 5 N–H and O–H groups in total. The number of carbonyl (C=O) groups is 1. The van der Waals surface area contributed by atoms with Crippen LogP contribution in [0.15, 0.2) is 42.7 Å². The molecule has 3 heterocycles. The molecule has 4 rings (SSSR count). The van der Waals surface area contributed by atoms with Crippen LogP contribution < -0.4 is 5.32 Å². The third-order valence-electron chi connectivity index (χ3n) is 8.67. The average Bonchev–Trinajstić information content (AvgIpc) is 3.65. The first-order valence-corrected chi connectivity index (χ1v) is 16.4. The number of likely N-dealkylation sites (tertiary alicyclic amines) is 1. The lowest BCUT2D eigenvalue weighted by molar-refractivity contribution is -0.208. The maximum Gasteiger partial charge on any atom is 0.237 e. The van der Waals surface area contributed by atoms with Crippen molar-refractivity contribution in [3.05, 3.63) is 54.1 Å². The monoisotopic (exact) mass is 588 g/mol. The van der Waals surface area contributed by atoms with Crippen molar-refractivity contribution in [1.82, 2.24) is 20.2 Å². The van der Waals surface area contributed by atoms with E-state index >= 15 is 0 Å². The van der Waals surface area contributed by atoms with Crippen LogP contribution in [0.1, 0.15) is 70.3 Å². The molecule has 9 nitrogen and oxygen atoms in total. The summed E-state index contributed by atoms with van der Waals surface area (Å²) in [4.78, 5) is 24.4. The van der Waals surface area contributed by atoms with Gasteiger partial charge in [0.1, 0.15) is 35.7 Å². The zero-order valence-electron chi connectivity index (χ0n) is 24.7. The number of imidazole rings is 1. The number of nitrogens with one attached hydrogen (secondary N) is 2. The second-order valence-corrected chi connectivity index (χ2v) is 12.9. The van der Waals surface area contributed by atoms with Crippen molar-refractivity contribution >= 4 is 17.7 Å². The van der Waals surface area contributed by atoms with E-state index in [1.54, 1.807) is 12.5 Å². The molecule has 0 spiro atoms. The molecule has 2 aliphatic heterocycles. The number of rotatable bonds is 13. The van der Waals surface area contributed by atoms with E-state index in [9.17, 15) is 20.1 Å². The fourth-order valence-electron chi connectivity index (χ4n) is 6.37. The first-order chi connectivity index (χ1) is 19.7. The summed E-state index contributed by atoms with van der Waals surface area (Å²) in [6, 6.07) is 9.26. The number of ether oxygens (including phenoxy) is 1. The number of hydrogen-bond donors (Lipinski definition) is 5. The second kappa shape index (κ2) is 15.0. The minimum Gasteiger partial charge on any atom is -0.388 e. The summed E-state index contributed by atoms with van der Waals surface area (Å²) in [5.41, 5.74) is 0.480. The molecule has 228 valence electrons. The fraction of sp³-hybridized carbons (Fsp3) is 0.677. The van der Waals surface area contributed by atoms with Gasteiger partial charge in [0.05, 0.1) is 18.1 Å². The van der Waals surface area contributed by atoms with E-state index < -0.39 is 35.9 Å². The third-order valence-corrected chi connectivity index (χ3v) is 9.53. The number of nitrogens with zero attached hydrogens (tertiary/aromatic N) is 2. The van der Waals surface area contributed by atoms with Gasteiger partial charge in [-0.1, -0.05) is 70.4 Å². The highest BCUT2D eigenvalue weighted by molar-refractivity contribution is 7.99. The molecule has 0 aliphatic carbocycles. The van der Waals surface area contributed by atoms with Gasteiger partial charge < -0.3 is 30.4 Å². The molecule has 9 unspecified atom stereocenters. The Kier molecular flexibility index (Phi) is 11.7. The predicted molar refractivity (Wildman–Crippen MR) is 161 cm³/mol. The Labute approximate surface area is 248 Å². The van der Waals surface area contributed by atoms with Crippen LogP contribution in [0, 0.1) is 11.8 Å². The standard InChI is InChI=1S/C31H48N4O5S/c1-5-6-8-13-21-17-23(35(18-21)22(29-32-14-15-33-29)16-20-11-9-7-10-12-20)30(39)34-24(19(2)3)28-26(37)25(36)27(38)31(40-28)41-4/h7,9-12,14-15,19,21-28,31,36-38H,5-6,8,13,16-18H2,1-4H3,(H,32,33)(H,34,39). The van der Waals surface area contributed by atoms with Gasteiger partial charge in [-0.25, -0.2) is 4.98 Å². The van der Waals surface area contributed by atoms with Gasteiger partial charge in [0.25, 0.3) is 0 Å². The lowest BCUT2D eigenvalue weighted by Crippen LogP contribution is -2.64. The number of thioether (sulfide) groups is 1. The second-order valence-electron chi connectivity index (χ2n) is 11.9. The summed E-state index contributed by atoms with van der Waals surface area (Å²) in [6.45, 7) is 6.94. The molecule has 1 aromatic heterocycles. The molecule has 0 bridgehead atoms. The molecule has 0 saturated carbocycles. The molecule has 9 atom stereocenters. The van der Waals surface area contributed by atoms with Gasteiger partial charge in [0.2, 0.25) is 5.91 Å². The van der Waals surface area contributed by atoms with Crippen LogP contribution in [0.4, 0.5) is 0 Å². The maximum atomic E-state index is 14.2. The summed E-state index contributed by atoms with van der Waals surface area (Å²) in [5, 5.41) is 35.0.